The summed E-state index contributed by atoms with van der Waals surface area (Å²) in [5.74, 6) is 0.991. The Bertz CT molecular complexity index is 400. The topological polar surface area (TPSA) is 28.2 Å². The number of pyridine rings is 1. The van der Waals surface area contributed by atoms with E-state index < -0.39 is 0 Å². The highest BCUT2D eigenvalue weighted by molar-refractivity contribution is 9.10. The van der Waals surface area contributed by atoms with Crippen LogP contribution in [-0.4, -0.2) is 35.6 Å². The molecule has 5 heteroatoms. The van der Waals surface area contributed by atoms with Gasteiger partial charge in [-0.1, -0.05) is 0 Å². The molecule has 1 aliphatic heterocycles. The SMILES string of the molecule is Brc1ccc(CN2CCC(NCC3CC3)CC2)nc1.Cl. The number of nitrogens with one attached hydrogen (secondary N) is 1. The lowest BCUT2D eigenvalue weighted by molar-refractivity contribution is 0.188. The predicted molar refractivity (Wildman–Crippen MR) is 88.2 cm³/mol. The van der Waals surface area contributed by atoms with Gasteiger partial charge in [0.2, 0.25) is 0 Å². The molecule has 0 amide bonds. The Kier molecular flexibility index (Phi) is 6.27. The summed E-state index contributed by atoms with van der Waals surface area (Å²) in [7, 11) is 0. The highest BCUT2D eigenvalue weighted by Gasteiger charge is 2.24. The maximum atomic E-state index is 4.46. The lowest BCUT2D eigenvalue weighted by Gasteiger charge is -2.32. The Morgan fingerprint density at radius 3 is 2.55 bits per heavy atom. The molecule has 112 valence electrons. The lowest BCUT2D eigenvalue weighted by atomic mass is 10.0. The van der Waals surface area contributed by atoms with Crippen molar-refractivity contribution in [2.45, 2.75) is 38.3 Å². The summed E-state index contributed by atoms with van der Waals surface area (Å²) < 4.78 is 1.05. The van der Waals surface area contributed by atoms with Crippen molar-refractivity contribution in [3.05, 3.63) is 28.5 Å². The molecular weight excluding hydrogens is 338 g/mol. The number of aromatic nitrogens is 1. The fraction of sp³-hybridized carbons (Fsp3) is 0.667. The smallest absolute Gasteiger partial charge is 0.0544 e. The number of piperidine rings is 1. The Balaban J connectivity index is 0.00000147. The molecule has 2 fully saturated rings. The first-order valence-electron chi connectivity index (χ1n) is 7.36. The van der Waals surface area contributed by atoms with E-state index in [-0.39, 0.29) is 12.4 Å². The highest BCUT2D eigenvalue weighted by Crippen LogP contribution is 2.28. The van der Waals surface area contributed by atoms with Crippen molar-refractivity contribution >= 4 is 28.3 Å². The first kappa shape index (κ1) is 16.2. The maximum Gasteiger partial charge on any atom is 0.0544 e. The van der Waals surface area contributed by atoms with E-state index in [1.54, 1.807) is 0 Å². The number of hydrogen-bond acceptors (Lipinski definition) is 3. The Hall–Kier alpha value is -0.160. The van der Waals surface area contributed by atoms with Crippen molar-refractivity contribution in [1.82, 2.24) is 15.2 Å². The first-order chi connectivity index (χ1) is 9.29. The molecule has 3 rings (SSSR count). The third kappa shape index (κ3) is 4.99. The quantitative estimate of drug-likeness (QED) is 0.874. The summed E-state index contributed by atoms with van der Waals surface area (Å²) in [6.07, 6.45) is 7.34. The summed E-state index contributed by atoms with van der Waals surface area (Å²) >= 11 is 3.43. The van der Waals surface area contributed by atoms with Gasteiger partial charge in [0.15, 0.2) is 0 Å². The average molecular weight is 361 g/mol. The van der Waals surface area contributed by atoms with E-state index in [9.17, 15) is 0 Å². The molecule has 20 heavy (non-hydrogen) atoms. The number of nitrogens with zero attached hydrogens (tertiary/aromatic N) is 2. The van der Waals surface area contributed by atoms with Crippen LogP contribution in [0.1, 0.15) is 31.4 Å². The third-order valence-corrected chi connectivity index (χ3v) is 4.62. The molecule has 0 bridgehead atoms. The van der Waals surface area contributed by atoms with Crippen LogP contribution in [0.4, 0.5) is 0 Å². The molecule has 0 radical (unpaired) electrons. The van der Waals surface area contributed by atoms with Crippen LogP contribution >= 0.6 is 28.3 Å². The molecule has 1 aliphatic carbocycles. The van der Waals surface area contributed by atoms with Crippen molar-refractivity contribution in [1.29, 1.82) is 0 Å². The van der Waals surface area contributed by atoms with Gasteiger partial charge in [-0.3, -0.25) is 9.88 Å². The molecule has 2 heterocycles. The summed E-state index contributed by atoms with van der Waals surface area (Å²) in [4.78, 5) is 6.97. The van der Waals surface area contributed by atoms with Gasteiger partial charge in [0.05, 0.1) is 5.69 Å². The number of rotatable bonds is 5. The van der Waals surface area contributed by atoms with Gasteiger partial charge in [0, 0.05) is 36.3 Å². The van der Waals surface area contributed by atoms with Gasteiger partial charge in [-0.25, -0.2) is 0 Å². The van der Waals surface area contributed by atoms with Crippen molar-refractivity contribution in [2.75, 3.05) is 19.6 Å². The number of hydrogen-bond donors (Lipinski definition) is 1. The minimum Gasteiger partial charge on any atom is -0.314 e. The van der Waals surface area contributed by atoms with Crippen LogP contribution in [0.5, 0.6) is 0 Å². The Labute approximate surface area is 136 Å². The van der Waals surface area contributed by atoms with Crippen molar-refractivity contribution < 1.29 is 0 Å². The van der Waals surface area contributed by atoms with Gasteiger partial charge in [-0.2, -0.15) is 0 Å². The molecule has 2 aliphatic rings. The zero-order valence-corrected chi connectivity index (χ0v) is 14.1. The van der Waals surface area contributed by atoms with Gasteiger partial charge in [0.25, 0.3) is 0 Å². The minimum absolute atomic E-state index is 0. The van der Waals surface area contributed by atoms with Gasteiger partial charge < -0.3 is 5.32 Å². The van der Waals surface area contributed by atoms with Crippen LogP contribution in [0.15, 0.2) is 22.8 Å². The van der Waals surface area contributed by atoms with Crippen molar-refractivity contribution in [3.63, 3.8) is 0 Å². The van der Waals surface area contributed by atoms with Crippen LogP contribution < -0.4 is 5.32 Å². The fourth-order valence-electron chi connectivity index (χ4n) is 2.68. The monoisotopic (exact) mass is 359 g/mol. The zero-order chi connectivity index (χ0) is 13.1. The zero-order valence-electron chi connectivity index (χ0n) is 11.7. The molecule has 0 atom stereocenters. The highest BCUT2D eigenvalue weighted by atomic mass is 79.9. The van der Waals surface area contributed by atoms with Crippen molar-refractivity contribution in [3.8, 4) is 0 Å². The molecule has 1 aromatic heterocycles. The van der Waals surface area contributed by atoms with E-state index in [1.165, 1.54) is 51.0 Å². The van der Waals surface area contributed by atoms with Crippen LogP contribution in [0.25, 0.3) is 0 Å². The summed E-state index contributed by atoms with van der Waals surface area (Å²) in [5.41, 5.74) is 1.17. The first-order valence-corrected chi connectivity index (χ1v) is 8.15. The molecule has 1 saturated carbocycles. The molecular formula is C15H23BrClN3. The lowest BCUT2D eigenvalue weighted by Crippen LogP contribution is -2.42. The molecule has 0 unspecified atom stereocenters. The molecule has 0 aromatic carbocycles. The van der Waals surface area contributed by atoms with E-state index in [0.29, 0.717) is 0 Å². The largest absolute Gasteiger partial charge is 0.314 e. The van der Waals surface area contributed by atoms with E-state index in [4.69, 9.17) is 0 Å². The summed E-state index contributed by atoms with van der Waals surface area (Å²) in [6, 6.07) is 4.93. The second-order valence-electron chi connectivity index (χ2n) is 5.87. The average Bonchev–Trinajstić information content (AvgIpc) is 3.25. The number of likely N-dealkylation sites (tertiary alicyclic amines) is 1. The summed E-state index contributed by atoms with van der Waals surface area (Å²) in [6.45, 7) is 4.63. The van der Waals surface area contributed by atoms with E-state index in [0.717, 1.165) is 23.0 Å². The van der Waals surface area contributed by atoms with Gasteiger partial charge in [-0.05, 0) is 66.2 Å². The molecule has 1 N–H and O–H groups in total. The van der Waals surface area contributed by atoms with E-state index >= 15 is 0 Å². The normalized spacial score (nSPS) is 20.6. The molecule has 0 spiro atoms. The van der Waals surface area contributed by atoms with Gasteiger partial charge in [-0.15, -0.1) is 12.4 Å². The standard InChI is InChI=1S/C15H22BrN3.ClH/c16-13-3-4-15(18-10-13)11-19-7-5-14(6-8-19)17-9-12-1-2-12;/h3-4,10,12,14,17H,1-2,5-9,11H2;1H. The number of halogens is 2. The Morgan fingerprint density at radius 2 is 1.95 bits per heavy atom. The van der Waals surface area contributed by atoms with E-state index in [1.807, 2.05) is 6.20 Å². The second kappa shape index (κ2) is 7.74. The van der Waals surface area contributed by atoms with Crippen molar-refractivity contribution in [2.24, 2.45) is 5.92 Å². The molecule has 3 nitrogen and oxygen atoms in total. The molecule has 1 aromatic rings. The Morgan fingerprint density at radius 1 is 1.20 bits per heavy atom. The fourth-order valence-corrected chi connectivity index (χ4v) is 2.91. The summed E-state index contributed by atoms with van der Waals surface area (Å²) in [5, 5.41) is 3.73. The van der Waals surface area contributed by atoms with Gasteiger partial charge >= 0.3 is 0 Å². The predicted octanol–water partition coefficient (Wildman–Crippen LogP) is 3.23. The van der Waals surface area contributed by atoms with Crippen LogP contribution in [0.3, 0.4) is 0 Å². The third-order valence-electron chi connectivity index (χ3n) is 4.15. The van der Waals surface area contributed by atoms with Crippen LogP contribution in [-0.2, 0) is 6.54 Å². The maximum absolute atomic E-state index is 4.46. The molecule has 1 saturated heterocycles. The van der Waals surface area contributed by atoms with Crippen LogP contribution in [0.2, 0.25) is 0 Å². The van der Waals surface area contributed by atoms with Crippen LogP contribution in [0, 0.1) is 5.92 Å². The van der Waals surface area contributed by atoms with Gasteiger partial charge in [0.1, 0.15) is 0 Å². The second-order valence-corrected chi connectivity index (χ2v) is 6.79. The van der Waals surface area contributed by atoms with E-state index in [2.05, 4.69) is 43.3 Å². The minimum atomic E-state index is 0.